The fraction of sp³-hybridized carbons (Fsp3) is 0.412. The maximum absolute atomic E-state index is 11.7. The predicted octanol–water partition coefficient (Wildman–Crippen LogP) is 3.21. The van der Waals surface area contributed by atoms with Gasteiger partial charge in [0, 0.05) is 12.2 Å². The summed E-state index contributed by atoms with van der Waals surface area (Å²) in [6.07, 6.45) is 0.838. The zero-order chi connectivity index (χ0) is 17.0. The highest BCUT2D eigenvalue weighted by Gasteiger charge is 2.20. The van der Waals surface area contributed by atoms with Crippen molar-refractivity contribution >= 4 is 23.4 Å². The van der Waals surface area contributed by atoms with Gasteiger partial charge in [-0.25, -0.2) is 9.59 Å². The number of nitrogens with one attached hydrogen (secondary N) is 2. The Morgan fingerprint density at radius 1 is 1.22 bits per heavy atom. The highest BCUT2D eigenvalue weighted by Crippen LogP contribution is 2.24. The molecule has 0 aromatic heterocycles. The van der Waals surface area contributed by atoms with E-state index in [-0.39, 0.29) is 0 Å². The Bertz CT molecular complexity index is 627. The highest BCUT2D eigenvalue weighted by atomic mass is 16.6. The van der Waals surface area contributed by atoms with Crippen molar-refractivity contribution in [3.63, 3.8) is 0 Å². The molecule has 0 saturated heterocycles. The molecule has 0 aliphatic carbocycles. The van der Waals surface area contributed by atoms with Gasteiger partial charge in [-0.15, -0.1) is 0 Å². The standard InChI is InChI=1S/C17H22N2O4/c1-17(2,3)23-16(22)19-12-8-6-11(7-9-12)14-13(15(20)21)5-4-10-18-14/h6-9,18H,4-5,10H2,1-3H3,(H,19,22)(H,20,21). The van der Waals surface area contributed by atoms with Gasteiger partial charge in [0.15, 0.2) is 0 Å². The van der Waals surface area contributed by atoms with Crippen LogP contribution in [0.15, 0.2) is 29.8 Å². The molecule has 1 aliphatic rings. The first-order chi connectivity index (χ1) is 10.8. The minimum atomic E-state index is -0.900. The van der Waals surface area contributed by atoms with E-state index < -0.39 is 17.7 Å². The minimum Gasteiger partial charge on any atom is -0.478 e. The zero-order valence-corrected chi connectivity index (χ0v) is 13.6. The van der Waals surface area contributed by atoms with E-state index in [0.717, 1.165) is 18.5 Å². The summed E-state index contributed by atoms with van der Waals surface area (Å²) in [4.78, 5) is 23.0. The number of ether oxygens (including phenoxy) is 1. The second-order valence-corrected chi connectivity index (χ2v) is 6.39. The fourth-order valence-electron chi connectivity index (χ4n) is 2.34. The monoisotopic (exact) mass is 318 g/mol. The van der Waals surface area contributed by atoms with E-state index in [2.05, 4.69) is 10.6 Å². The number of amides is 1. The van der Waals surface area contributed by atoms with Crippen molar-refractivity contribution in [1.82, 2.24) is 5.32 Å². The molecule has 23 heavy (non-hydrogen) atoms. The van der Waals surface area contributed by atoms with Gasteiger partial charge in [0.1, 0.15) is 5.60 Å². The van der Waals surface area contributed by atoms with Crippen molar-refractivity contribution in [2.24, 2.45) is 0 Å². The average molecular weight is 318 g/mol. The molecule has 0 spiro atoms. The normalized spacial score (nSPS) is 14.9. The SMILES string of the molecule is CC(C)(C)OC(=O)Nc1ccc(C2=C(C(=O)O)CCCN2)cc1. The number of aliphatic carboxylic acids is 1. The summed E-state index contributed by atoms with van der Waals surface area (Å²) in [6.45, 7) is 6.14. The molecule has 124 valence electrons. The lowest BCUT2D eigenvalue weighted by Gasteiger charge is -2.21. The van der Waals surface area contributed by atoms with Crippen molar-refractivity contribution < 1.29 is 19.4 Å². The third-order valence-electron chi connectivity index (χ3n) is 3.28. The largest absolute Gasteiger partial charge is 0.478 e. The molecule has 0 saturated carbocycles. The van der Waals surface area contributed by atoms with Gasteiger partial charge >= 0.3 is 12.1 Å². The molecule has 2 rings (SSSR count). The van der Waals surface area contributed by atoms with Gasteiger partial charge in [-0.3, -0.25) is 5.32 Å². The molecule has 1 amide bonds. The van der Waals surface area contributed by atoms with Crippen molar-refractivity contribution in [2.75, 3.05) is 11.9 Å². The van der Waals surface area contributed by atoms with Crippen molar-refractivity contribution in [1.29, 1.82) is 0 Å². The first-order valence-corrected chi connectivity index (χ1v) is 7.57. The van der Waals surface area contributed by atoms with Gasteiger partial charge in [-0.2, -0.15) is 0 Å². The van der Waals surface area contributed by atoms with E-state index in [1.807, 2.05) is 0 Å². The average Bonchev–Trinajstić information content (AvgIpc) is 2.46. The molecule has 6 nitrogen and oxygen atoms in total. The molecule has 0 radical (unpaired) electrons. The number of carboxylic acids is 1. The molecular formula is C17H22N2O4. The number of hydrogen-bond donors (Lipinski definition) is 3. The van der Waals surface area contributed by atoms with Crippen molar-refractivity contribution in [2.45, 2.75) is 39.2 Å². The second-order valence-electron chi connectivity index (χ2n) is 6.39. The number of carbonyl (C=O) groups is 2. The summed E-state index contributed by atoms with van der Waals surface area (Å²) in [5.41, 5.74) is 1.86. The molecule has 1 aliphatic heterocycles. The molecule has 0 unspecified atom stereocenters. The summed E-state index contributed by atoms with van der Waals surface area (Å²) < 4.78 is 5.19. The maximum atomic E-state index is 11.7. The van der Waals surface area contributed by atoms with Crippen LogP contribution in [0.25, 0.3) is 5.70 Å². The molecule has 3 N–H and O–H groups in total. The van der Waals surface area contributed by atoms with E-state index in [1.54, 1.807) is 45.0 Å². The van der Waals surface area contributed by atoms with Crippen LogP contribution >= 0.6 is 0 Å². The lowest BCUT2D eigenvalue weighted by molar-refractivity contribution is -0.132. The van der Waals surface area contributed by atoms with Gasteiger partial charge < -0.3 is 15.2 Å². The van der Waals surface area contributed by atoms with Gasteiger partial charge in [0.2, 0.25) is 0 Å². The predicted molar refractivity (Wildman–Crippen MR) is 88.1 cm³/mol. The molecule has 1 aromatic rings. The summed E-state index contributed by atoms with van der Waals surface area (Å²) in [5, 5.41) is 15.1. The summed E-state index contributed by atoms with van der Waals surface area (Å²) in [5.74, 6) is -0.900. The van der Waals surface area contributed by atoms with Gasteiger partial charge in [0.25, 0.3) is 0 Å². The fourth-order valence-corrected chi connectivity index (χ4v) is 2.34. The van der Waals surface area contributed by atoms with Crippen molar-refractivity contribution in [3.05, 3.63) is 35.4 Å². The van der Waals surface area contributed by atoms with E-state index in [0.29, 0.717) is 23.4 Å². The van der Waals surface area contributed by atoms with Gasteiger partial charge in [-0.05, 0) is 51.3 Å². The first kappa shape index (κ1) is 16.9. The van der Waals surface area contributed by atoms with Crippen LogP contribution in [0.2, 0.25) is 0 Å². The first-order valence-electron chi connectivity index (χ1n) is 7.57. The van der Waals surface area contributed by atoms with Crippen molar-refractivity contribution in [3.8, 4) is 0 Å². The zero-order valence-electron chi connectivity index (χ0n) is 13.6. The summed E-state index contributed by atoms with van der Waals surface area (Å²) in [7, 11) is 0. The molecule has 6 heteroatoms. The topological polar surface area (TPSA) is 87.7 Å². The Balaban J connectivity index is 2.13. The molecular weight excluding hydrogens is 296 g/mol. The Morgan fingerprint density at radius 2 is 1.87 bits per heavy atom. The van der Waals surface area contributed by atoms with Crippen LogP contribution in [-0.2, 0) is 9.53 Å². The lowest BCUT2D eigenvalue weighted by Crippen LogP contribution is -2.27. The van der Waals surface area contributed by atoms with E-state index in [9.17, 15) is 14.7 Å². The number of hydrogen-bond acceptors (Lipinski definition) is 4. The van der Waals surface area contributed by atoms with Crippen LogP contribution in [-0.4, -0.2) is 29.3 Å². The van der Waals surface area contributed by atoms with E-state index in [1.165, 1.54) is 0 Å². The van der Waals surface area contributed by atoms with E-state index in [4.69, 9.17) is 4.74 Å². The summed E-state index contributed by atoms with van der Waals surface area (Å²) >= 11 is 0. The molecule has 1 aromatic carbocycles. The second kappa shape index (κ2) is 6.73. The van der Waals surface area contributed by atoms with Crippen LogP contribution in [0.1, 0.15) is 39.2 Å². The number of carboxylic acid groups (broad SMARTS) is 1. The van der Waals surface area contributed by atoms with Crippen LogP contribution in [0.3, 0.4) is 0 Å². The van der Waals surface area contributed by atoms with Gasteiger partial charge in [-0.1, -0.05) is 12.1 Å². The Hall–Kier alpha value is -2.50. The van der Waals surface area contributed by atoms with Crippen LogP contribution < -0.4 is 10.6 Å². The third kappa shape index (κ3) is 4.74. The minimum absolute atomic E-state index is 0.393. The number of benzene rings is 1. The Labute approximate surface area is 135 Å². The molecule has 1 heterocycles. The molecule has 0 bridgehead atoms. The lowest BCUT2D eigenvalue weighted by atomic mass is 9.99. The van der Waals surface area contributed by atoms with E-state index >= 15 is 0 Å². The number of rotatable bonds is 3. The smallest absolute Gasteiger partial charge is 0.412 e. The molecule has 0 fully saturated rings. The van der Waals surface area contributed by atoms with Crippen LogP contribution in [0.4, 0.5) is 10.5 Å². The van der Waals surface area contributed by atoms with Gasteiger partial charge in [0.05, 0.1) is 11.3 Å². The third-order valence-corrected chi connectivity index (χ3v) is 3.28. The maximum Gasteiger partial charge on any atom is 0.412 e. The molecule has 0 atom stereocenters. The summed E-state index contributed by atoms with van der Waals surface area (Å²) in [6, 6.07) is 7.01. The Kier molecular flexibility index (Phi) is 4.93. The quantitative estimate of drug-likeness (QED) is 0.796. The number of carbonyl (C=O) groups excluding carboxylic acids is 1. The van der Waals surface area contributed by atoms with Crippen LogP contribution in [0, 0.1) is 0 Å². The Morgan fingerprint density at radius 3 is 2.43 bits per heavy atom. The number of anilines is 1. The highest BCUT2D eigenvalue weighted by molar-refractivity contribution is 5.96. The van der Waals surface area contributed by atoms with Crippen LogP contribution in [0.5, 0.6) is 0 Å².